The molecule has 1 aromatic carbocycles. The number of benzene rings is 1. The minimum atomic E-state index is -0.546. The molecule has 0 bridgehead atoms. The quantitative estimate of drug-likeness (QED) is 0.850. The van der Waals surface area contributed by atoms with E-state index in [-0.39, 0.29) is 23.9 Å². The van der Waals surface area contributed by atoms with Crippen LogP contribution in [0.25, 0.3) is 0 Å². The molecule has 2 saturated heterocycles. The number of halogens is 2. The van der Waals surface area contributed by atoms with Crippen LogP contribution in [0.2, 0.25) is 0 Å². The average Bonchev–Trinajstić information content (AvgIpc) is 3.36. The van der Waals surface area contributed by atoms with Gasteiger partial charge in [-0.3, -0.25) is 20.5 Å². The molecule has 3 unspecified atom stereocenters. The van der Waals surface area contributed by atoms with Crippen molar-refractivity contribution in [1.29, 1.82) is 0 Å². The van der Waals surface area contributed by atoms with E-state index in [1.54, 1.807) is 0 Å². The smallest absolute Gasteiger partial charge is 0.229 e. The second-order valence-electron chi connectivity index (χ2n) is 7.85. The van der Waals surface area contributed by atoms with Crippen LogP contribution in [-0.2, 0) is 11.3 Å². The topological polar surface area (TPSA) is 47.6 Å². The van der Waals surface area contributed by atoms with E-state index in [1.165, 1.54) is 25.0 Å². The molecular weight excluding hydrogens is 338 g/mol. The van der Waals surface area contributed by atoms with Crippen LogP contribution in [0.15, 0.2) is 18.2 Å². The van der Waals surface area contributed by atoms with Gasteiger partial charge in [-0.05, 0) is 43.4 Å². The summed E-state index contributed by atoms with van der Waals surface area (Å²) in [4.78, 5) is 17.1. The second kappa shape index (κ2) is 7.21. The molecule has 2 heterocycles. The number of rotatable bonds is 4. The minimum absolute atomic E-state index is 0.00800. The molecule has 1 amide bonds. The third-order valence-corrected chi connectivity index (χ3v) is 5.83. The summed E-state index contributed by atoms with van der Waals surface area (Å²) in [5.74, 6) is -0.259. The Morgan fingerprint density at radius 1 is 1.08 bits per heavy atom. The summed E-state index contributed by atoms with van der Waals surface area (Å²) in [6, 6.07) is 4.02. The van der Waals surface area contributed by atoms with Crippen molar-refractivity contribution in [2.24, 2.45) is 11.8 Å². The van der Waals surface area contributed by atoms with E-state index >= 15 is 0 Å². The SMILES string of the molecule is CC1NNC(C2CC2)C1C(=O)N1CCN(Cc2cc(F)cc(F)c2)CC1. The summed E-state index contributed by atoms with van der Waals surface area (Å²) >= 11 is 0. The highest BCUT2D eigenvalue weighted by Crippen LogP contribution is 2.38. The van der Waals surface area contributed by atoms with Gasteiger partial charge in [0.15, 0.2) is 0 Å². The van der Waals surface area contributed by atoms with E-state index in [0.29, 0.717) is 31.1 Å². The number of nitrogens with zero attached hydrogens (tertiary/aromatic N) is 2. The predicted octanol–water partition coefficient (Wildman–Crippen LogP) is 1.50. The van der Waals surface area contributed by atoms with Gasteiger partial charge in [0.2, 0.25) is 5.91 Å². The van der Waals surface area contributed by atoms with Gasteiger partial charge in [-0.25, -0.2) is 8.78 Å². The van der Waals surface area contributed by atoms with Crippen LogP contribution in [0.3, 0.4) is 0 Å². The first kappa shape index (κ1) is 17.8. The molecule has 7 heteroatoms. The van der Waals surface area contributed by atoms with E-state index in [9.17, 15) is 13.6 Å². The standard InChI is InChI=1S/C19H26F2N4O/c1-12-17(18(23-22-12)14-2-3-14)19(26)25-6-4-24(5-7-25)11-13-8-15(20)10-16(21)9-13/h8-10,12,14,17-18,22-23H,2-7,11H2,1H3. The first-order valence-electron chi connectivity index (χ1n) is 9.48. The van der Waals surface area contributed by atoms with Gasteiger partial charge in [0.05, 0.1) is 5.92 Å². The van der Waals surface area contributed by atoms with Gasteiger partial charge in [0.25, 0.3) is 0 Å². The van der Waals surface area contributed by atoms with Crippen molar-refractivity contribution in [3.05, 3.63) is 35.4 Å². The molecule has 5 nitrogen and oxygen atoms in total. The third kappa shape index (κ3) is 3.75. The Hall–Kier alpha value is -1.57. The van der Waals surface area contributed by atoms with E-state index in [0.717, 1.165) is 19.2 Å². The summed E-state index contributed by atoms with van der Waals surface area (Å²) in [5, 5.41) is 0. The fourth-order valence-electron chi connectivity index (χ4n) is 4.25. The molecule has 1 aromatic rings. The number of nitrogens with one attached hydrogen (secondary N) is 2. The first-order chi connectivity index (χ1) is 12.5. The van der Waals surface area contributed by atoms with E-state index < -0.39 is 11.6 Å². The molecule has 26 heavy (non-hydrogen) atoms. The second-order valence-corrected chi connectivity index (χ2v) is 7.85. The molecule has 2 aliphatic heterocycles. The van der Waals surface area contributed by atoms with Crippen molar-refractivity contribution in [1.82, 2.24) is 20.7 Å². The maximum Gasteiger partial charge on any atom is 0.229 e. The van der Waals surface area contributed by atoms with Crippen LogP contribution in [0.1, 0.15) is 25.3 Å². The number of amides is 1. The van der Waals surface area contributed by atoms with Gasteiger partial charge in [-0.2, -0.15) is 0 Å². The predicted molar refractivity (Wildman–Crippen MR) is 94.0 cm³/mol. The van der Waals surface area contributed by atoms with E-state index in [4.69, 9.17) is 0 Å². The summed E-state index contributed by atoms with van der Waals surface area (Å²) in [7, 11) is 0. The van der Waals surface area contributed by atoms with Crippen molar-refractivity contribution in [3.8, 4) is 0 Å². The highest BCUT2D eigenvalue weighted by molar-refractivity contribution is 5.81. The number of piperazine rings is 1. The number of hydrogen-bond acceptors (Lipinski definition) is 4. The highest BCUT2D eigenvalue weighted by Gasteiger charge is 2.47. The van der Waals surface area contributed by atoms with E-state index in [2.05, 4.69) is 22.7 Å². The Morgan fingerprint density at radius 3 is 2.35 bits per heavy atom. The van der Waals surface area contributed by atoms with Crippen LogP contribution in [0, 0.1) is 23.5 Å². The first-order valence-corrected chi connectivity index (χ1v) is 9.48. The molecular formula is C19H26F2N4O. The molecule has 142 valence electrons. The monoisotopic (exact) mass is 364 g/mol. The van der Waals surface area contributed by atoms with Crippen LogP contribution in [0.5, 0.6) is 0 Å². The normalized spacial score (nSPS) is 30.0. The molecule has 3 fully saturated rings. The van der Waals surface area contributed by atoms with Gasteiger partial charge in [-0.15, -0.1) is 0 Å². The fraction of sp³-hybridized carbons (Fsp3) is 0.632. The van der Waals surface area contributed by atoms with Crippen molar-refractivity contribution in [2.45, 2.75) is 38.4 Å². The van der Waals surface area contributed by atoms with Crippen molar-refractivity contribution >= 4 is 5.91 Å². The Balaban J connectivity index is 1.33. The number of carbonyl (C=O) groups is 1. The molecule has 1 saturated carbocycles. The molecule has 2 N–H and O–H groups in total. The van der Waals surface area contributed by atoms with Crippen molar-refractivity contribution in [3.63, 3.8) is 0 Å². The van der Waals surface area contributed by atoms with Crippen LogP contribution < -0.4 is 10.9 Å². The zero-order chi connectivity index (χ0) is 18.3. The third-order valence-electron chi connectivity index (χ3n) is 5.83. The molecule has 3 atom stereocenters. The zero-order valence-corrected chi connectivity index (χ0v) is 15.0. The van der Waals surface area contributed by atoms with Crippen molar-refractivity contribution < 1.29 is 13.6 Å². The Morgan fingerprint density at radius 2 is 1.73 bits per heavy atom. The number of hydrogen-bond donors (Lipinski definition) is 2. The Labute approximate surface area is 152 Å². The minimum Gasteiger partial charge on any atom is -0.340 e. The number of carbonyl (C=O) groups excluding carboxylic acids is 1. The average molecular weight is 364 g/mol. The van der Waals surface area contributed by atoms with Gasteiger partial charge >= 0.3 is 0 Å². The zero-order valence-electron chi connectivity index (χ0n) is 15.0. The molecule has 0 aromatic heterocycles. The van der Waals surface area contributed by atoms with Gasteiger partial charge in [-0.1, -0.05) is 0 Å². The lowest BCUT2D eigenvalue weighted by atomic mass is 9.90. The Kier molecular flexibility index (Phi) is 4.94. The summed E-state index contributed by atoms with van der Waals surface area (Å²) in [6.07, 6.45) is 2.40. The van der Waals surface area contributed by atoms with E-state index in [1.807, 2.05) is 4.90 Å². The largest absolute Gasteiger partial charge is 0.340 e. The highest BCUT2D eigenvalue weighted by atomic mass is 19.1. The summed E-state index contributed by atoms with van der Waals surface area (Å²) in [5.41, 5.74) is 7.18. The fourth-order valence-corrected chi connectivity index (χ4v) is 4.25. The molecule has 0 radical (unpaired) electrons. The molecule has 3 aliphatic rings. The lowest BCUT2D eigenvalue weighted by molar-refractivity contribution is -0.138. The molecule has 4 rings (SSSR count). The molecule has 0 spiro atoms. The van der Waals surface area contributed by atoms with Gasteiger partial charge < -0.3 is 4.90 Å². The summed E-state index contributed by atoms with van der Waals surface area (Å²) in [6.45, 7) is 5.34. The maximum absolute atomic E-state index is 13.3. The van der Waals surface area contributed by atoms with Crippen LogP contribution >= 0.6 is 0 Å². The lowest BCUT2D eigenvalue weighted by Gasteiger charge is -2.37. The maximum atomic E-state index is 13.3. The molecule has 1 aliphatic carbocycles. The van der Waals surface area contributed by atoms with Gasteiger partial charge in [0, 0.05) is 50.9 Å². The van der Waals surface area contributed by atoms with Crippen molar-refractivity contribution in [2.75, 3.05) is 26.2 Å². The van der Waals surface area contributed by atoms with Gasteiger partial charge in [0.1, 0.15) is 11.6 Å². The van der Waals surface area contributed by atoms with Crippen LogP contribution in [0.4, 0.5) is 8.78 Å². The lowest BCUT2D eigenvalue weighted by Crippen LogP contribution is -2.52. The van der Waals surface area contributed by atoms with Crippen LogP contribution in [-0.4, -0.2) is 54.0 Å². The number of hydrazine groups is 1. The Bertz CT molecular complexity index is 653. The summed E-state index contributed by atoms with van der Waals surface area (Å²) < 4.78 is 26.7.